The van der Waals surface area contributed by atoms with Gasteiger partial charge in [0.2, 0.25) is 0 Å². The monoisotopic (exact) mass is 236 g/mol. The molecule has 0 saturated heterocycles. The molecular formula is C6H16SiSn. The van der Waals surface area contributed by atoms with Crippen LogP contribution in [0.1, 0.15) is 20.8 Å². The second-order valence-corrected chi connectivity index (χ2v) is 17.8. The summed E-state index contributed by atoms with van der Waals surface area (Å²) in [5.74, 6) is 0. The van der Waals surface area contributed by atoms with E-state index in [9.17, 15) is 0 Å². The van der Waals surface area contributed by atoms with Gasteiger partial charge in [0.1, 0.15) is 0 Å². The molecule has 0 aromatic rings. The summed E-state index contributed by atoms with van der Waals surface area (Å²) >= 11 is 1.57. The summed E-state index contributed by atoms with van der Waals surface area (Å²) in [6.45, 7) is 7.10. The third-order valence-electron chi connectivity index (χ3n) is 2.11. The van der Waals surface area contributed by atoms with Gasteiger partial charge in [-0.2, -0.15) is 0 Å². The molecule has 48 valence electrons. The van der Waals surface area contributed by atoms with Crippen LogP contribution in [-0.2, 0) is 0 Å². The Bertz CT molecular complexity index is 51.3. The van der Waals surface area contributed by atoms with Gasteiger partial charge in [0.25, 0.3) is 0 Å². The predicted molar refractivity (Wildman–Crippen MR) is 44.3 cm³/mol. The Labute approximate surface area is 66.2 Å². The Morgan fingerprint density at radius 2 is 1.25 bits per heavy atom. The van der Waals surface area contributed by atoms with Crippen LogP contribution in [0.3, 0.4) is 0 Å². The molecular weight excluding hydrogens is 219 g/mol. The molecule has 0 unspecified atom stereocenters. The number of hydrogen-bond acceptors (Lipinski definition) is 0. The second kappa shape index (κ2) is 3.93. The standard InChI is InChI=1S/C6H15Si.Sn.H/c1-4-7(5-2)6-3;;/h4-6H2,1-3H3;;. The van der Waals surface area contributed by atoms with E-state index in [1.165, 1.54) is 18.1 Å². The first-order chi connectivity index (χ1) is 3.68. The molecule has 0 fully saturated rings. The summed E-state index contributed by atoms with van der Waals surface area (Å²) in [5, 5.41) is 0. The van der Waals surface area contributed by atoms with E-state index in [2.05, 4.69) is 20.8 Å². The topological polar surface area (TPSA) is 0 Å². The van der Waals surface area contributed by atoms with Crippen LogP contribution in [0.4, 0.5) is 0 Å². The van der Waals surface area contributed by atoms with E-state index in [1.807, 2.05) is 0 Å². The Morgan fingerprint density at radius 1 is 1.00 bits per heavy atom. The Morgan fingerprint density at radius 3 is 1.25 bits per heavy atom. The third-order valence-corrected chi connectivity index (χ3v) is 16.8. The molecule has 0 aromatic heterocycles. The average Bonchev–Trinajstić information content (AvgIpc) is 1.87. The van der Waals surface area contributed by atoms with Crippen molar-refractivity contribution in [3.05, 3.63) is 0 Å². The van der Waals surface area contributed by atoms with Gasteiger partial charge in [-0.3, -0.25) is 0 Å². The maximum absolute atomic E-state index is 2.37. The molecule has 0 rings (SSSR count). The van der Waals surface area contributed by atoms with E-state index in [0.717, 1.165) is 0 Å². The summed E-state index contributed by atoms with van der Waals surface area (Å²) < 4.78 is 0. The molecule has 0 amide bonds. The first-order valence-electron chi connectivity index (χ1n) is 3.47. The molecule has 0 aliphatic rings. The van der Waals surface area contributed by atoms with Gasteiger partial charge in [-0.1, -0.05) is 0 Å². The van der Waals surface area contributed by atoms with Gasteiger partial charge < -0.3 is 0 Å². The van der Waals surface area contributed by atoms with Crippen LogP contribution in [0.2, 0.25) is 18.1 Å². The second-order valence-electron chi connectivity index (χ2n) is 2.42. The van der Waals surface area contributed by atoms with Crippen molar-refractivity contribution in [1.82, 2.24) is 0 Å². The van der Waals surface area contributed by atoms with E-state index < -0.39 is 5.58 Å². The minimum atomic E-state index is -0.541. The fourth-order valence-electron chi connectivity index (χ4n) is 0.750. The molecule has 0 spiro atoms. The van der Waals surface area contributed by atoms with Crippen molar-refractivity contribution in [3.63, 3.8) is 0 Å². The van der Waals surface area contributed by atoms with Crippen molar-refractivity contribution in [1.29, 1.82) is 0 Å². The normalized spacial score (nSPS) is 12.0. The molecule has 2 heteroatoms. The SMILES string of the molecule is CC[Si]([SnH])(CC)CC. The van der Waals surface area contributed by atoms with Gasteiger partial charge in [-0.25, -0.2) is 0 Å². The predicted octanol–water partition coefficient (Wildman–Crippen LogP) is 1.89. The zero-order valence-electron chi connectivity index (χ0n) is 6.20. The molecule has 0 saturated carbocycles. The van der Waals surface area contributed by atoms with Crippen molar-refractivity contribution < 1.29 is 0 Å². The third kappa shape index (κ3) is 2.53. The van der Waals surface area contributed by atoms with E-state index in [4.69, 9.17) is 0 Å². The van der Waals surface area contributed by atoms with E-state index in [-0.39, 0.29) is 0 Å². The molecule has 8 heavy (non-hydrogen) atoms. The fourth-order valence-corrected chi connectivity index (χ4v) is 2.25. The quantitative estimate of drug-likeness (QED) is 0.655. The van der Waals surface area contributed by atoms with Gasteiger partial charge in [0.15, 0.2) is 0 Å². The van der Waals surface area contributed by atoms with Gasteiger partial charge >= 0.3 is 66.2 Å². The van der Waals surface area contributed by atoms with Gasteiger partial charge in [0, 0.05) is 0 Å². The molecule has 0 atom stereocenters. The van der Waals surface area contributed by atoms with Crippen molar-refractivity contribution in [2.75, 3.05) is 0 Å². The number of hydrogen-bond donors (Lipinski definition) is 0. The Balaban J connectivity index is 3.58. The van der Waals surface area contributed by atoms with Gasteiger partial charge in [-0.15, -0.1) is 0 Å². The van der Waals surface area contributed by atoms with Crippen LogP contribution < -0.4 is 0 Å². The average molecular weight is 235 g/mol. The maximum atomic E-state index is 2.37. The van der Waals surface area contributed by atoms with E-state index in [0.29, 0.717) is 0 Å². The van der Waals surface area contributed by atoms with Gasteiger partial charge in [-0.05, 0) is 0 Å². The van der Waals surface area contributed by atoms with Crippen molar-refractivity contribution in [3.8, 4) is 0 Å². The molecule has 0 heterocycles. The van der Waals surface area contributed by atoms with E-state index >= 15 is 0 Å². The Kier molecular flexibility index (Phi) is 4.43. The minimum absolute atomic E-state index is 0.541. The fraction of sp³-hybridized carbons (Fsp3) is 1.00. The van der Waals surface area contributed by atoms with E-state index in [1.54, 1.807) is 21.7 Å². The summed E-state index contributed by atoms with van der Waals surface area (Å²) in [5.41, 5.74) is -0.541. The molecule has 0 nitrogen and oxygen atoms in total. The van der Waals surface area contributed by atoms with Crippen LogP contribution in [0.25, 0.3) is 0 Å². The number of rotatable bonds is 3. The summed E-state index contributed by atoms with van der Waals surface area (Å²) in [6, 6.07) is 4.55. The summed E-state index contributed by atoms with van der Waals surface area (Å²) in [4.78, 5) is 0. The van der Waals surface area contributed by atoms with Gasteiger partial charge in [0.05, 0.1) is 0 Å². The van der Waals surface area contributed by atoms with Crippen LogP contribution in [0.5, 0.6) is 0 Å². The van der Waals surface area contributed by atoms with Crippen LogP contribution in [-0.4, -0.2) is 27.3 Å². The molecule has 0 aliphatic carbocycles. The Hall–Kier alpha value is 1.02. The van der Waals surface area contributed by atoms with Crippen LogP contribution in [0.15, 0.2) is 0 Å². The first-order valence-corrected chi connectivity index (χ1v) is 11.1. The molecule has 0 aromatic carbocycles. The zero-order chi connectivity index (χ0) is 6.62. The van der Waals surface area contributed by atoms with Crippen LogP contribution >= 0.6 is 0 Å². The molecule has 0 bridgehead atoms. The molecule has 0 aliphatic heterocycles. The molecule has 2 radical (unpaired) electrons. The summed E-state index contributed by atoms with van der Waals surface area (Å²) in [6.07, 6.45) is 0. The van der Waals surface area contributed by atoms with Crippen molar-refractivity contribution in [2.24, 2.45) is 0 Å². The van der Waals surface area contributed by atoms with Crippen molar-refractivity contribution >= 4 is 27.3 Å². The molecule has 0 N–H and O–H groups in total. The van der Waals surface area contributed by atoms with Crippen LogP contribution in [0, 0.1) is 0 Å². The first kappa shape index (κ1) is 9.02. The summed E-state index contributed by atoms with van der Waals surface area (Å²) in [7, 11) is 0. The van der Waals surface area contributed by atoms with Crippen molar-refractivity contribution in [2.45, 2.75) is 38.9 Å². The zero-order valence-corrected chi connectivity index (χ0v) is 10.5.